The Balaban J connectivity index is 2.34. The van der Waals surface area contributed by atoms with Gasteiger partial charge in [0.2, 0.25) is 0 Å². The van der Waals surface area contributed by atoms with Crippen molar-refractivity contribution in [3.8, 4) is 0 Å². The molecule has 0 radical (unpaired) electrons. The number of amides is 2. The molecule has 3 N–H and O–H groups in total. The average molecular weight is 283 g/mol. The number of carbonyl (C=O) groups excluding carboxylic acids is 1. The second kappa shape index (κ2) is 7.46. The molecule has 1 rings (SSSR count). The van der Waals surface area contributed by atoms with Crippen LogP contribution in [-0.4, -0.2) is 38.4 Å². The molecule has 1 aromatic rings. The van der Waals surface area contributed by atoms with E-state index in [0.29, 0.717) is 12.2 Å². The number of hydrogen-bond donors (Lipinski definition) is 3. The largest absolute Gasteiger partial charge is 0.481 e. The second-order valence-corrected chi connectivity index (χ2v) is 5.09. The lowest BCUT2D eigenvalue weighted by molar-refractivity contribution is -0.142. The molecular weight excluding hydrogens is 262 g/mol. The number of nitrogens with zero attached hydrogens (tertiary/aromatic N) is 3. The fourth-order valence-corrected chi connectivity index (χ4v) is 1.75. The maximum Gasteiger partial charge on any atom is 0.315 e. The minimum Gasteiger partial charge on any atom is -0.481 e. The van der Waals surface area contributed by atoms with Crippen LogP contribution in [0.5, 0.6) is 0 Å². The number of rotatable bonds is 7. The van der Waals surface area contributed by atoms with E-state index in [9.17, 15) is 9.59 Å². The third kappa shape index (κ3) is 5.25. The van der Waals surface area contributed by atoms with Crippen molar-refractivity contribution in [2.45, 2.75) is 26.8 Å². The maximum absolute atomic E-state index is 11.6. The molecule has 8 heteroatoms. The van der Waals surface area contributed by atoms with E-state index in [4.69, 9.17) is 5.11 Å². The molecule has 1 atom stereocenters. The van der Waals surface area contributed by atoms with Crippen molar-refractivity contribution >= 4 is 12.0 Å². The van der Waals surface area contributed by atoms with E-state index in [2.05, 4.69) is 20.8 Å². The van der Waals surface area contributed by atoms with Crippen molar-refractivity contribution in [1.82, 2.24) is 25.4 Å². The van der Waals surface area contributed by atoms with Crippen LogP contribution in [0.3, 0.4) is 0 Å². The van der Waals surface area contributed by atoms with Crippen LogP contribution >= 0.6 is 0 Å². The summed E-state index contributed by atoms with van der Waals surface area (Å²) in [5.74, 6) is -0.584. The summed E-state index contributed by atoms with van der Waals surface area (Å²) < 4.78 is 1.69. The highest BCUT2D eigenvalue weighted by Crippen LogP contribution is 2.10. The first-order valence-electron chi connectivity index (χ1n) is 6.47. The fourth-order valence-electron chi connectivity index (χ4n) is 1.75. The summed E-state index contributed by atoms with van der Waals surface area (Å²) in [5.41, 5.74) is 0. The van der Waals surface area contributed by atoms with Crippen molar-refractivity contribution in [2.24, 2.45) is 18.9 Å². The molecule has 0 saturated heterocycles. The fraction of sp³-hybridized carbons (Fsp3) is 0.667. The molecule has 0 bridgehead atoms. The van der Waals surface area contributed by atoms with Gasteiger partial charge in [0.25, 0.3) is 0 Å². The molecule has 0 aromatic carbocycles. The maximum atomic E-state index is 11.6. The number of aryl methyl sites for hydroxylation is 1. The first-order valence-corrected chi connectivity index (χ1v) is 6.47. The Morgan fingerprint density at radius 1 is 1.40 bits per heavy atom. The highest BCUT2D eigenvalue weighted by atomic mass is 16.4. The predicted molar refractivity (Wildman–Crippen MR) is 71.8 cm³/mol. The van der Waals surface area contributed by atoms with E-state index in [-0.39, 0.29) is 19.0 Å². The zero-order chi connectivity index (χ0) is 15.1. The normalized spacial score (nSPS) is 12.2. The van der Waals surface area contributed by atoms with Gasteiger partial charge in [-0.15, -0.1) is 10.2 Å². The van der Waals surface area contributed by atoms with Crippen molar-refractivity contribution in [2.75, 3.05) is 6.54 Å². The van der Waals surface area contributed by atoms with Crippen LogP contribution in [0.2, 0.25) is 0 Å². The number of carboxylic acid groups (broad SMARTS) is 1. The first-order chi connectivity index (χ1) is 9.40. The van der Waals surface area contributed by atoms with Crippen molar-refractivity contribution < 1.29 is 14.7 Å². The van der Waals surface area contributed by atoms with Gasteiger partial charge in [-0.25, -0.2) is 4.79 Å². The lowest BCUT2D eigenvalue weighted by atomic mass is 9.97. The van der Waals surface area contributed by atoms with Gasteiger partial charge in [-0.2, -0.15) is 0 Å². The molecule has 0 aliphatic heterocycles. The van der Waals surface area contributed by atoms with Crippen molar-refractivity contribution in [3.05, 3.63) is 12.2 Å². The molecule has 8 nitrogen and oxygen atoms in total. The third-order valence-corrected chi connectivity index (χ3v) is 2.83. The van der Waals surface area contributed by atoms with Gasteiger partial charge in [-0.1, -0.05) is 13.8 Å². The summed E-state index contributed by atoms with van der Waals surface area (Å²) in [6.07, 6.45) is 2.07. The summed E-state index contributed by atoms with van der Waals surface area (Å²) in [6, 6.07) is -0.414. The minimum absolute atomic E-state index is 0.109. The predicted octanol–water partition coefficient (Wildman–Crippen LogP) is 0.361. The van der Waals surface area contributed by atoms with Gasteiger partial charge in [-0.3, -0.25) is 4.79 Å². The Morgan fingerprint density at radius 3 is 2.60 bits per heavy atom. The molecule has 1 aromatic heterocycles. The van der Waals surface area contributed by atoms with Crippen molar-refractivity contribution in [3.63, 3.8) is 0 Å². The van der Waals surface area contributed by atoms with E-state index in [1.165, 1.54) is 6.33 Å². The summed E-state index contributed by atoms with van der Waals surface area (Å²) in [6.45, 7) is 4.25. The Bertz CT molecular complexity index is 458. The molecule has 2 amide bonds. The summed E-state index contributed by atoms with van der Waals surface area (Å²) >= 11 is 0. The number of aromatic nitrogens is 3. The highest BCUT2D eigenvalue weighted by Gasteiger charge is 2.19. The van der Waals surface area contributed by atoms with E-state index >= 15 is 0 Å². The second-order valence-electron chi connectivity index (χ2n) is 5.09. The molecule has 0 fully saturated rings. The van der Waals surface area contributed by atoms with E-state index in [0.717, 1.165) is 0 Å². The standard InChI is InChI=1S/C12H21N5O3/c1-8(2)4-9(11(18)19)5-13-12(20)14-6-10-16-15-7-17(10)3/h7-9H,4-6H2,1-3H3,(H,18,19)(H2,13,14,20). The van der Waals surface area contributed by atoms with Crippen LogP contribution < -0.4 is 10.6 Å². The van der Waals surface area contributed by atoms with Crippen molar-refractivity contribution in [1.29, 1.82) is 0 Å². The SMILES string of the molecule is CC(C)CC(CNC(=O)NCc1nncn1C)C(=O)O. The van der Waals surface area contributed by atoms with Crippen LogP contribution in [0.15, 0.2) is 6.33 Å². The molecule has 0 saturated carbocycles. The van der Waals surface area contributed by atoms with Gasteiger partial charge >= 0.3 is 12.0 Å². The number of carbonyl (C=O) groups is 2. The number of aliphatic carboxylic acids is 1. The average Bonchev–Trinajstić information content (AvgIpc) is 2.76. The third-order valence-electron chi connectivity index (χ3n) is 2.83. The van der Waals surface area contributed by atoms with Crippen LogP contribution in [0.1, 0.15) is 26.1 Å². The summed E-state index contributed by atoms with van der Waals surface area (Å²) in [5, 5.41) is 21.7. The lowest BCUT2D eigenvalue weighted by Gasteiger charge is -2.15. The Hall–Kier alpha value is -2.12. The number of nitrogens with one attached hydrogen (secondary N) is 2. The minimum atomic E-state index is -0.896. The van der Waals surface area contributed by atoms with Gasteiger partial charge in [-0.05, 0) is 12.3 Å². The van der Waals surface area contributed by atoms with Gasteiger partial charge in [0.05, 0.1) is 12.5 Å². The first kappa shape index (κ1) is 15.9. The van der Waals surface area contributed by atoms with Gasteiger partial charge < -0.3 is 20.3 Å². The van der Waals surface area contributed by atoms with Crippen LogP contribution in [-0.2, 0) is 18.4 Å². The van der Waals surface area contributed by atoms with Gasteiger partial charge in [0.1, 0.15) is 6.33 Å². The molecule has 0 spiro atoms. The topological polar surface area (TPSA) is 109 Å². The highest BCUT2D eigenvalue weighted by molar-refractivity contribution is 5.75. The van der Waals surface area contributed by atoms with Crippen LogP contribution in [0, 0.1) is 11.8 Å². The van der Waals surface area contributed by atoms with Gasteiger partial charge in [0.15, 0.2) is 5.82 Å². The van der Waals surface area contributed by atoms with E-state index < -0.39 is 17.9 Å². The van der Waals surface area contributed by atoms with E-state index in [1.807, 2.05) is 13.8 Å². The summed E-state index contributed by atoms with van der Waals surface area (Å²) in [4.78, 5) is 22.6. The van der Waals surface area contributed by atoms with Crippen LogP contribution in [0.4, 0.5) is 4.79 Å². The Morgan fingerprint density at radius 2 is 2.10 bits per heavy atom. The smallest absolute Gasteiger partial charge is 0.315 e. The molecular formula is C12H21N5O3. The zero-order valence-corrected chi connectivity index (χ0v) is 12.0. The number of hydrogen-bond acceptors (Lipinski definition) is 4. The van der Waals surface area contributed by atoms with E-state index in [1.54, 1.807) is 11.6 Å². The molecule has 0 aliphatic rings. The van der Waals surface area contributed by atoms with Crippen LogP contribution in [0.25, 0.3) is 0 Å². The summed E-state index contributed by atoms with van der Waals surface area (Å²) in [7, 11) is 1.78. The van der Waals surface area contributed by atoms with Gasteiger partial charge in [0, 0.05) is 13.6 Å². The zero-order valence-electron chi connectivity index (χ0n) is 12.0. The molecule has 0 aliphatic carbocycles. The molecule has 112 valence electrons. The molecule has 1 heterocycles. The number of urea groups is 1. The molecule has 20 heavy (non-hydrogen) atoms. The Labute approximate surface area is 117 Å². The quantitative estimate of drug-likeness (QED) is 0.669. The lowest BCUT2D eigenvalue weighted by Crippen LogP contribution is -2.40. The number of carboxylic acids is 1. The molecule has 1 unspecified atom stereocenters. The monoisotopic (exact) mass is 283 g/mol. The Kier molecular flexibility index (Phi) is 5.95.